The molecule has 0 bridgehead atoms. The Morgan fingerprint density at radius 1 is 0.538 bits per heavy atom. The zero-order chi connectivity index (χ0) is 58.4. The number of aliphatic carboxylic acids is 1. The molecule has 3 aromatic rings. The number of phenols is 2. The summed E-state index contributed by atoms with van der Waals surface area (Å²) in [7, 11) is 0. The van der Waals surface area contributed by atoms with Crippen LogP contribution < -0.4 is 53.6 Å². The third-order valence-corrected chi connectivity index (χ3v) is 11.8. The van der Waals surface area contributed by atoms with Crippen LogP contribution in [0.25, 0.3) is 0 Å². The fourth-order valence-electron chi connectivity index (χ4n) is 7.55. The molecule has 28 nitrogen and oxygen atoms in total. The number of carboxylic acid groups (broad SMARTS) is 1. The number of aromatic hydroxyl groups is 2. The number of imidazole rings is 1. The molecular weight excluding hydrogens is 1020 g/mol. The molecule has 1 aromatic heterocycles. The average Bonchev–Trinajstić information content (AvgIpc) is 3.90. The second-order valence-corrected chi connectivity index (χ2v) is 19.2. The first-order valence-electron chi connectivity index (χ1n) is 24.8. The van der Waals surface area contributed by atoms with Crippen molar-refractivity contribution in [1.29, 1.82) is 0 Å². The first-order chi connectivity index (χ1) is 36.7. The van der Waals surface area contributed by atoms with Crippen molar-refractivity contribution in [1.82, 2.24) is 57.8 Å². The van der Waals surface area contributed by atoms with Crippen molar-refractivity contribution in [3.05, 3.63) is 77.9 Å². The van der Waals surface area contributed by atoms with Crippen LogP contribution in [0.2, 0.25) is 0 Å². The highest BCUT2D eigenvalue weighted by atomic mass is 16.4. The normalized spacial score (nSPS) is 15.0. The molecule has 1 heterocycles. The summed E-state index contributed by atoms with van der Waals surface area (Å²) in [5.74, 6) is -11.2. The number of hydrogen-bond acceptors (Lipinski definition) is 17. The Morgan fingerprint density at radius 3 is 1.45 bits per heavy atom. The molecule has 0 radical (unpaired) electrons. The van der Waals surface area contributed by atoms with E-state index in [-0.39, 0.29) is 43.1 Å². The molecule has 0 aliphatic carbocycles. The van der Waals surface area contributed by atoms with Gasteiger partial charge in [-0.2, -0.15) is 0 Å². The van der Waals surface area contributed by atoms with Crippen LogP contribution in [0, 0.1) is 11.8 Å². The van der Waals surface area contributed by atoms with Crippen LogP contribution >= 0.6 is 0 Å². The molecule has 9 amide bonds. The van der Waals surface area contributed by atoms with Crippen LogP contribution in [0.5, 0.6) is 11.5 Å². The number of rotatable bonds is 31. The summed E-state index contributed by atoms with van der Waals surface area (Å²) in [5, 5.41) is 82.4. The van der Waals surface area contributed by atoms with E-state index in [0.29, 0.717) is 16.8 Å². The number of H-pyrrole nitrogens is 1. The van der Waals surface area contributed by atoms with Gasteiger partial charge in [-0.3, -0.25) is 43.2 Å². The molecular formula is C50H72N12O16. The van der Waals surface area contributed by atoms with Crippen molar-refractivity contribution in [2.75, 3.05) is 19.7 Å². The van der Waals surface area contributed by atoms with Gasteiger partial charge in [-0.05, 0) is 67.5 Å². The summed E-state index contributed by atoms with van der Waals surface area (Å²) in [6, 6.07) is -1.28. The number of aromatic nitrogens is 2. The van der Waals surface area contributed by atoms with Gasteiger partial charge in [0.25, 0.3) is 0 Å². The van der Waals surface area contributed by atoms with E-state index in [4.69, 9.17) is 5.73 Å². The standard InChI is InChI=1S/C50H72N12O16/c1-24(2)15-33(56-46(73)37(22-63)59-44(71)35(55-38(68)19-51)17-29-9-13-32(67)14-10-29)45(72)61-42(27(6)65)49(76)62-41(26(5)64)48(75)57-34(16-28-7-11-31(66)12-8-28)43(70)53-21-39(69)60-40(25(3)4)47(74)58-36(50(77)78)18-30-20-52-23-54-30/h7-14,20,23-27,33-37,40-42,63-67H,15-19,21-22,51H2,1-6H3,(H,52,54)(H,53,70)(H,55,68)(H,56,73)(H,57,75)(H,58,74)(H,59,71)(H,60,69)(H,61,72)(H,62,76)(H,77,78)/t26-,27-,33+,34+,35+,36+,37+,40+,41+,42+/m1/s1. The number of carbonyl (C=O) groups excluding carboxylic acids is 9. The highest BCUT2D eigenvalue weighted by molar-refractivity contribution is 5.98. The number of benzene rings is 2. The van der Waals surface area contributed by atoms with E-state index in [1.165, 1.54) is 61.1 Å². The van der Waals surface area contributed by atoms with Gasteiger partial charge in [-0.1, -0.05) is 52.0 Å². The predicted molar refractivity (Wildman–Crippen MR) is 276 cm³/mol. The number of nitrogens with zero attached hydrogens (tertiary/aromatic N) is 1. The van der Waals surface area contributed by atoms with E-state index < -0.39 is 145 Å². The first-order valence-corrected chi connectivity index (χ1v) is 24.8. The third kappa shape index (κ3) is 21.1. The number of aliphatic hydroxyl groups is 3. The van der Waals surface area contributed by atoms with Gasteiger partial charge in [0, 0.05) is 31.2 Å². The summed E-state index contributed by atoms with van der Waals surface area (Å²) in [6.07, 6.45) is -1.32. The topological polar surface area (TPSA) is 455 Å². The number of nitrogens with one attached hydrogen (secondary N) is 10. The number of carboxylic acids is 1. The molecule has 0 aliphatic heterocycles. The molecule has 78 heavy (non-hydrogen) atoms. The number of aromatic amines is 1. The minimum absolute atomic E-state index is 0.0584. The van der Waals surface area contributed by atoms with Gasteiger partial charge in [0.2, 0.25) is 53.2 Å². The van der Waals surface area contributed by atoms with E-state index in [1.54, 1.807) is 27.7 Å². The lowest BCUT2D eigenvalue weighted by Gasteiger charge is -2.29. The minimum atomic E-state index is -1.88. The Hall–Kier alpha value is -8.21. The monoisotopic (exact) mass is 1100 g/mol. The molecule has 428 valence electrons. The van der Waals surface area contributed by atoms with E-state index in [9.17, 15) is 78.6 Å². The van der Waals surface area contributed by atoms with Gasteiger partial charge in [-0.25, -0.2) is 9.78 Å². The van der Waals surface area contributed by atoms with Gasteiger partial charge >= 0.3 is 5.97 Å². The lowest BCUT2D eigenvalue weighted by atomic mass is 10.0. The van der Waals surface area contributed by atoms with E-state index in [0.717, 1.165) is 13.8 Å². The maximum Gasteiger partial charge on any atom is 0.326 e. The largest absolute Gasteiger partial charge is 0.508 e. The highest BCUT2D eigenvalue weighted by Gasteiger charge is 2.37. The molecule has 2 aromatic carbocycles. The SMILES string of the molecule is CC(C)C[C@H](NC(=O)[C@H](CO)NC(=O)[C@H](Cc1ccc(O)cc1)NC(=O)CN)C(=O)N[C@H](C(=O)N[C@H](C(=O)N[C@@H](Cc1ccc(O)cc1)C(=O)NCC(=O)N[C@H](C(=O)N[C@@H](Cc1cnc[nH]1)C(=O)O)C(C)C)[C@@H](C)O)[C@@H](C)O. The zero-order valence-corrected chi connectivity index (χ0v) is 43.9. The zero-order valence-electron chi connectivity index (χ0n) is 43.9. The van der Waals surface area contributed by atoms with E-state index >= 15 is 0 Å². The summed E-state index contributed by atoms with van der Waals surface area (Å²) in [6.45, 7) is 6.56. The van der Waals surface area contributed by atoms with E-state index in [1.807, 2.05) is 0 Å². The molecule has 0 aliphatic rings. The highest BCUT2D eigenvalue weighted by Crippen LogP contribution is 2.15. The second-order valence-electron chi connectivity index (χ2n) is 19.2. The average molecular weight is 1100 g/mol. The minimum Gasteiger partial charge on any atom is -0.508 e. The Morgan fingerprint density at radius 2 is 0.987 bits per heavy atom. The molecule has 0 unspecified atom stereocenters. The maximum absolute atomic E-state index is 13.9. The molecule has 10 atom stereocenters. The molecule has 3 rings (SSSR count). The lowest BCUT2D eigenvalue weighted by molar-refractivity contribution is -0.142. The van der Waals surface area contributed by atoms with Crippen LogP contribution in [-0.4, -0.2) is 180 Å². The Balaban J connectivity index is 1.76. The van der Waals surface area contributed by atoms with Crippen molar-refractivity contribution in [3.63, 3.8) is 0 Å². The van der Waals surface area contributed by atoms with Crippen LogP contribution in [0.15, 0.2) is 61.1 Å². The number of aliphatic hydroxyl groups excluding tert-OH is 3. The first kappa shape index (κ1) is 64.1. The summed E-state index contributed by atoms with van der Waals surface area (Å²) in [5.41, 5.74) is 6.74. The van der Waals surface area contributed by atoms with Gasteiger partial charge in [0.1, 0.15) is 59.8 Å². The Labute approximate surface area is 448 Å². The quantitative estimate of drug-likeness (QED) is 0.0288. The molecule has 18 N–H and O–H groups in total. The molecule has 0 fully saturated rings. The van der Waals surface area contributed by atoms with Crippen LogP contribution in [0.1, 0.15) is 64.8 Å². The lowest BCUT2D eigenvalue weighted by Crippen LogP contribution is -2.63. The van der Waals surface area contributed by atoms with Gasteiger partial charge < -0.3 is 89.2 Å². The smallest absolute Gasteiger partial charge is 0.326 e. The van der Waals surface area contributed by atoms with Gasteiger partial charge in [0.15, 0.2) is 0 Å². The van der Waals surface area contributed by atoms with Crippen molar-refractivity contribution in [2.24, 2.45) is 17.6 Å². The van der Waals surface area contributed by atoms with Crippen molar-refractivity contribution in [3.8, 4) is 11.5 Å². The summed E-state index contributed by atoms with van der Waals surface area (Å²) in [4.78, 5) is 140. The number of phenolic OH excluding ortho intramolecular Hbond substituents is 2. The number of amides is 9. The van der Waals surface area contributed by atoms with Crippen LogP contribution in [-0.2, 0) is 67.2 Å². The molecule has 28 heteroatoms. The second kappa shape index (κ2) is 31.1. The van der Waals surface area contributed by atoms with Gasteiger partial charge in [0.05, 0.1) is 38.2 Å². The van der Waals surface area contributed by atoms with Crippen molar-refractivity contribution in [2.45, 2.75) is 128 Å². The Bertz CT molecular complexity index is 2510. The summed E-state index contributed by atoms with van der Waals surface area (Å²) >= 11 is 0. The summed E-state index contributed by atoms with van der Waals surface area (Å²) < 4.78 is 0. The number of hydrogen-bond donors (Lipinski definition) is 17. The van der Waals surface area contributed by atoms with Gasteiger partial charge in [-0.15, -0.1) is 0 Å². The predicted octanol–water partition coefficient (Wildman–Crippen LogP) is -4.66. The van der Waals surface area contributed by atoms with E-state index in [2.05, 4.69) is 57.8 Å². The maximum atomic E-state index is 13.9. The number of nitrogens with two attached hydrogens (primary N) is 1. The van der Waals surface area contributed by atoms with Crippen LogP contribution in [0.3, 0.4) is 0 Å². The van der Waals surface area contributed by atoms with Crippen molar-refractivity contribution < 1.29 is 78.6 Å². The number of carbonyl (C=O) groups is 10. The fourth-order valence-corrected chi connectivity index (χ4v) is 7.55. The molecule has 0 spiro atoms. The Kier molecular flexibility index (Phi) is 25.6. The fraction of sp³-hybridized carbons (Fsp3) is 0.500. The van der Waals surface area contributed by atoms with Crippen molar-refractivity contribution >= 4 is 59.1 Å². The third-order valence-electron chi connectivity index (χ3n) is 11.8. The van der Waals surface area contributed by atoms with Crippen LogP contribution in [0.4, 0.5) is 0 Å². The molecule has 0 saturated carbocycles. The molecule has 0 saturated heterocycles.